The number of hydrogen-bond acceptors (Lipinski definition) is 0. The lowest BCUT2D eigenvalue weighted by Gasteiger charge is -2.27. The summed E-state index contributed by atoms with van der Waals surface area (Å²) in [6, 6.07) is 20.6. The van der Waals surface area contributed by atoms with Gasteiger partial charge in [0, 0.05) is 10.8 Å². The standard InChI is InChI=1S/C23H21N2Si/c1-14-8-5-9-15-16-10-6-12-18-21(16)25-22-17(24(2)23(25)20(14)15)11-7-13-19(22)26(18,3)4/h5-13H,1-4H3/q+1. The number of aromatic nitrogens is 2. The number of fused-ring (bicyclic) bond motifs is 3. The zero-order chi connectivity index (χ0) is 17.8. The number of aryl methyl sites for hydroxylation is 2. The van der Waals surface area contributed by atoms with E-state index in [4.69, 9.17) is 0 Å². The first kappa shape index (κ1) is 14.5. The lowest BCUT2D eigenvalue weighted by molar-refractivity contribution is -0.448. The second kappa shape index (κ2) is 4.36. The number of imidazole rings is 1. The van der Waals surface area contributed by atoms with Crippen molar-refractivity contribution in [3.63, 3.8) is 0 Å². The lowest BCUT2D eigenvalue weighted by atomic mass is 10.0. The Kier molecular flexibility index (Phi) is 2.43. The highest BCUT2D eigenvalue weighted by molar-refractivity contribution is 7.03. The van der Waals surface area contributed by atoms with E-state index < -0.39 is 8.07 Å². The van der Waals surface area contributed by atoms with E-state index in [1.165, 1.54) is 43.9 Å². The molecule has 126 valence electrons. The van der Waals surface area contributed by atoms with Gasteiger partial charge in [-0.15, -0.1) is 0 Å². The molecule has 0 N–H and O–H groups in total. The molecule has 6 rings (SSSR count). The van der Waals surface area contributed by atoms with E-state index in [1.54, 1.807) is 10.4 Å². The van der Waals surface area contributed by atoms with Crippen molar-refractivity contribution in [2.24, 2.45) is 7.05 Å². The van der Waals surface area contributed by atoms with Crippen LogP contribution in [0.2, 0.25) is 13.1 Å². The number of rotatable bonds is 0. The average Bonchev–Trinajstić information content (AvgIpc) is 2.94. The van der Waals surface area contributed by atoms with Crippen molar-refractivity contribution in [1.29, 1.82) is 0 Å². The Morgan fingerprint density at radius 2 is 1.46 bits per heavy atom. The Bertz CT molecular complexity index is 1420. The van der Waals surface area contributed by atoms with Crippen LogP contribution in [0.1, 0.15) is 5.56 Å². The first-order valence-electron chi connectivity index (χ1n) is 9.30. The summed E-state index contributed by atoms with van der Waals surface area (Å²) in [5.74, 6) is 0. The van der Waals surface area contributed by atoms with Crippen molar-refractivity contribution in [1.82, 2.24) is 4.57 Å². The molecule has 1 aliphatic rings. The van der Waals surface area contributed by atoms with E-state index in [9.17, 15) is 0 Å². The molecule has 2 aromatic heterocycles. The molecule has 5 aromatic rings. The Labute approximate surface area is 153 Å². The van der Waals surface area contributed by atoms with Crippen LogP contribution in [0.5, 0.6) is 0 Å². The Morgan fingerprint density at radius 1 is 0.808 bits per heavy atom. The van der Waals surface area contributed by atoms with Crippen molar-refractivity contribution in [2.45, 2.75) is 20.0 Å². The molecule has 2 nitrogen and oxygen atoms in total. The third-order valence-corrected chi connectivity index (χ3v) is 10.0. The van der Waals surface area contributed by atoms with Crippen LogP contribution in [-0.4, -0.2) is 12.6 Å². The number of pyridine rings is 1. The number of hydrogen-bond donors (Lipinski definition) is 0. The molecule has 1 aliphatic heterocycles. The zero-order valence-electron chi connectivity index (χ0n) is 15.6. The van der Waals surface area contributed by atoms with Crippen molar-refractivity contribution >= 4 is 56.8 Å². The fourth-order valence-corrected chi connectivity index (χ4v) is 8.24. The summed E-state index contributed by atoms with van der Waals surface area (Å²) in [5, 5.41) is 7.25. The maximum Gasteiger partial charge on any atom is 0.295 e. The van der Waals surface area contributed by atoms with E-state index in [-0.39, 0.29) is 0 Å². The second-order valence-corrected chi connectivity index (χ2v) is 12.5. The molecule has 0 radical (unpaired) electrons. The van der Waals surface area contributed by atoms with Crippen LogP contribution in [0.15, 0.2) is 54.6 Å². The van der Waals surface area contributed by atoms with E-state index >= 15 is 0 Å². The van der Waals surface area contributed by atoms with Crippen LogP contribution >= 0.6 is 0 Å². The second-order valence-electron chi connectivity index (χ2n) is 8.22. The van der Waals surface area contributed by atoms with Crippen molar-refractivity contribution in [3.8, 4) is 0 Å². The molecule has 26 heavy (non-hydrogen) atoms. The molecule has 3 heterocycles. The van der Waals surface area contributed by atoms with E-state index in [2.05, 4.69) is 90.6 Å². The van der Waals surface area contributed by atoms with E-state index in [0.717, 1.165) is 0 Å². The van der Waals surface area contributed by atoms with Gasteiger partial charge in [0.05, 0.1) is 12.4 Å². The van der Waals surface area contributed by atoms with Gasteiger partial charge >= 0.3 is 0 Å². The smallest absolute Gasteiger partial charge is 0.225 e. The van der Waals surface area contributed by atoms with Crippen LogP contribution < -0.4 is 14.8 Å². The van der Waals surface area contributed by atoms with Crippen molar-refractivity contribution in [3.05, 3.63) is 60.2 Å². The summed E-state index contributed by atoms with van der Waals surface area (Å²) >= 11 is 0. The Morgan fingerprint density at radius 3 is 2.27 bits per heavy atom. The van der Waals surface area contributed by atoms with Gasteiger partial charge in [-0.3, -0.25) is 0 Å². The van der Waals surface area contributed by atoms with Crippen molar-refractivity contribution < 1.29 is 4.40 Å². The number of para-hydroxylation sites is 2. The minimum Gasteiger partial charge on any atom is -0.225 e. The Balaban J connectivity index is 2.16. The Hall–Kier alpha value is -2.65. The van der Waals surface area contributed by atoms with Gasteiger partial charge in [0.25, 0.3) is 5.65 Å². The maximum atomic E-state index is 2.56. The minimum atomic E-state index is -1.74. The fourth-order valence-electron chi connectivity index (χ4n) is 5.25. The molecular formula is C23H21N2Si+. The molecule has 0 bridgehead atoms. The number of nitrogens with zero attached hydrogens (tertiary/aromatic N) is 2. The van der Waals surface area contributed by atoms with Gasteiger partial charge in [0.2, 0.25) is 0 Å². The minimum absolute atomic E-state index is 1.32. The highest BCUT2D eigenvalue weighted by atomic mass is 28.3. The van der Waals surface area contributed by atoms with Crippen LogP contribution in [-0.2, 0) is 7.05 Å². The van der Waals surface area contributed by atoms with Crippen LogP contribution in [0.25, 0.3) is 38.4 Å². The predicted octanol–water partition coefficient (Wildman–Crippen LogP) is 3.67. The average molecular weight is 354 g/mol. The van der Waals surface area contributed by atoms with Gasteiger partial charge in [-0.25, -0.2) is 4.57 Å². The van der Waals surface area contributed by atoms with Gasteiger partial charge < -0.3 is 0 Å². The topological polar surface area (TPSA) is 9.03 Å². The van der Waals surface area contributed by atoms with Gasteiger partial charge in [0.15, 0.2) is 11.0 Å². The highest BCUT2D eigenvalue weighted by Crippen LogP contribution is 2.33. The summed E-state index contributed by atoms with van der Waals surface area (Å²) in [6.45, 7) is 7.24. The van der Waals surface area contributed by atoms with Gasteiger partial charge in [-0.1, -0.05) is 61.6 Å². The first-order chi connectivity index (χ1) is 12.5. The summed E-state index contributed by atoms with van der Waals surface area (Å²) < 4.78 is 4.96. The van der Waals surface area contributed by atoms with E-state index in [1.807, 2.05) is 0 Å². The quantitative estimate of drug-likeness (QED) is 0.228. The van der Waals surface area contributed by atoms with Gasteiger partial charge in [0.1, 0.15) is 13.6 Å². The summed E-state index contributed by atoms with van der Waals surface area (Å²) in [7, 11) is 0.486. The monoisotopic (exact) mass is 353 g/mol. The third-order valence-electron chi connectivity index (χ3n) is 6.52. The maximum absolute atomic E-state index is 2.56. The van der Waals surface area contributed by atoms with Gasteiger partial charge in [-0.05, 0) is 28.9 Å². The largest absolute Gasteiger partial charge is 0.295 e. The van der Waals surface area contributed by atoms with E-state index in [0.29, 0.717) is 0 Å². The van der Waals surface area contributed by atoms with Crippen LogP contribution in [0.3, 0.4) is 0 Å². The molecule has 3 heteroatoms. The highest BCUT2D eigenvalue weighted by Gasteiger charge is 2.40. The summed E-state index contributed by atoms with van der Waals surface area (Å²) in [6.07, 6.45) is 0. The zero-order valence-corrected chi connectivity index (χ0v) is 16.6. The lowest BCUT2D eigenvalue weighted by Crippen LogP contribution is -2.59. The van der Waals surface area contributed by atoms with Crippen molar-refractivity contribution in [2.75, 3.05) is 0 Å². The number of benzene rings is 3. The molecule has 0 spiro atoms. The normalized spacial score (nSPS) is 15.2. The van der Waals surface area contributed by atoms with Crippen LogP contribution in [0.4, 0.5) is 0 Å². The molecule has 3 aromatic carbocycles. The molecule has 0 unspecified atom stereocenters. The molecule has 0 saturated carbocycles. The molecule has 0 atom stereocenters. The SMILES string of the molecule is Cc1cccc2c3cccc4c3[n+]3c5c(cccc5n(C)c3c12)[Si]4(C)C. The molecule has 0 saturated heterocycles. The molecule has 0 fully saturated rings. The third kappa shape index (κ3) is 1.40. The first-order valence-corrected chi connectivity index (χ1v) is 12.3. The predicted molar refractivity (Wildman–Crippen MR) is 113 cm³/mol. The fraction of sp³-hybridized carbons (Fsp3) is 0.174. The summed E-state index contributed by atoms with van der Waals surface area (Å²) in [5.41, 5.74) is 6.87. The van der Waals surface area contributed by atoms with Crippen LogP contribution in [0, 0.1) is 6.92 Å². The summed E-state index contributed by atoms with van der Waals surface area (Å²) in [4.78, 5) is 0. The van der Waals surface area contributed by atoms with Gasteiger partial charge in [-0.2, -0.15) is 4.40 Å². The molecule has 0 amide bonds. The molecule has 0 aliphatic carbocycles. The molecular weight excluding hydrogens is 332 g/mol.